The van der Waals surface area contributed by atoms with Gasteiger partial charge in [-0.3, -0.25) is 14.4 Å². The summed E-state index contributed by atoms with van der Waals surface area (Å²) in [4.78, 5) is 15.3. The van der Waals surface area contributed by atoms with Crippen molar-refractivity contribution >= 4 is 11.6 Å². The highest BCUT2D eigenvalue weighted by Crippen LogP contribution is 2.33. The third-order valence-electron chi connectivity index (χ3n) is 6.91. The minimum absolute atomic E-state index is 0.108. The number of amides is 1. The van der Waals surface area contributed by atoms with Crippen molar-refractivity contribution < 1.29 is 18.0 Å². The Labute approximate surface area is 218 Å². The molecule has 4 aromatic rings. The molecule has 1 fully saturated rings. The summed E-state index contributed by atoms with van der Waals surface area (Å²) in [5, 5.41) is 15.4. The summed E-state index contributed by atoms with van der Waals surface area (Å²) < 4.78 is 44.2. The van der Waals surface area contributed by atoms with Gasteiger partial charge < -0.3 is 5.32 Å². The highest BCUT2D eigenvalue weighted by Gasteiger charge is 2.31. The average Bonchev–Trinajstić information content (AvgIpc) is 3.62. The molecule has 198 valence electrons. The number of likely N-dealkylation sites (tertiary alicyclic amines) is 1. The van der Waals surface area contributed by atoms with Gasteiger partial charge in [0.1, 0.15) is 5.69 Å². The van der Waals surface area contributed by atoms with Crippen molar-refractivity contribution in [3.63, 3.8) is 0 Å². The first-order valence-corrected chi connectivity index (χ1v) is 12.4. The highest BCUT2D eigenvalue weighted by atomic mass is 19.4. The van der Waals surface area contributed by atoms with Crippen molar-refractivity contribution in [2.75, 3.05) is 18.4 Å². The van der Waals surface area contributed by atoms with Gasteiger partial charge in [-0.25, -0.2) is 4.68 Å². The Morgan fingerprint density at radius 1 is 1.08 bits per heavy atom. The van der Waals surface area contributed by atoms with E-state index in [9.17, 15) is 18.0 Å². The van der Waals surface area contributed by atoms with E-state index in [2.05, 4.69) is 25.6 Å². The van der Waals surface area contributed by atoms with Crippen LogP contribution in [-0.4, -0.2) is 48.7 Å². The van der Waals surface area contributed by atoms with Gasteiger partial charge in [0.2, 0.25) is 0 Å². The summed E-state index contributed by atoms with van der Waals surface area (Å²) in [7, 11) is 1.84. The van der Waals surface area contributed by atoms with E-state index in [1.54, 1.807) is 46.0 Å². The molecular weight excluding hydrogens is 495 g/mol. The molecule has 8 nitrogen and oxygen atoms in total. The van der Waals surface area contributed by atoms with Gasteiger partial charge in [-0.2, -0.15) is 18.3 Å². The van der Waals surface area contributed by atoms with Crippen molar-refractivity contribution in [2.24, 2.45) is 7.05 Å². The van der Waals surface area contributed by atoms with E-state index in [1.165, 1.54) is 0 Å². The number of nitrogens with zero attached hydrogens (tertiary/aromatic N) is 6. The molecule has 1 amide bonds. The van der Waals surface area contributed by atoms with Crippen LogP contribution in [0.15, 0.2) is 48.8 Å². The Kier molecular flexibility index (Phi) is 6.78. The summed E-state index contributed by atoms with van der Waals surface area (Å²) >= 11 is 0. The van der Waals surface area contributed by atoms with E-state index < -0.39 is 17.6 Å². The first-order valence-electron chi connectivity index (χ1n) is 12.4. The molecule has 1 aliphatic heterocycles. The fourth-order valence-corrected chi connectivity index (χ4v) is 4.67. The largest absolute Gasteiger partial charge is 0.416 e. The molecule has 1 N–H and O–H groups in total. The van der Waals surface area contributed by atoms with Crippen molar-refractivity contribution in [2.45, 2.75) is 39.4 Å². The van der Waals surface area contributed by atoms with Crippen LogP contribution in [0.3, 0.4) is 0 Å². The van der Waals surface area contributed by atoms with Crippen LogP contribution in [0.1, 0.15) is 45.6 Å². The van der Waals surface area contributed by atoms with E-state index in [0.29, 0.717) is 29.1 Å². The number of carbonyl (C=O) groups is 1. The number of rotatable bonds is 6. The summed E-state index contributed by atoms with van der Waals surface area (Å²) in [5.41, 5.74) is 4.04. The van der Waals surface area contributed by atoms with Gasteiger partial charge in [0.25, 0.3) is 5.91 Å². The van der Waals surface area contributed by atoms with Crippen LogP contribution in [0.5, 0.6) is 0 Å². The van der Waals surface area contributed by atoms with Crippen LogP contribution in [0, 0.1) is 13.8 Å². The van der Waals surface area contributed by atoms with Gasteiger partial charge in [0.15, 0.2) is 0 Å². The van der Waals surface area contributed by atoms with E-state index in [1.807, 2.05) is 20.9 Å². The second-order valence-electron chi connectivity index (χ2n) is 9.67. The molecule has 2 aromatic carbocycles. The second-order valence-corrected chi connectivity index (χ2v) is 9.67. The molecule has 11 heteroatoms. The molecule has 0 bridgehead atoms. The summed E-state index contributed by atoms with van der Waals surface area (Å²) in [6.07, 6.45) is 1.02. The summed E-state index contributed by atoms with van der Waals surface area (Å²) in [5.74, 6) is -0.513. The van der Waals surface area contributed by atoms with Crippen LogP contribution in [0.4, 0.5) is 18.9 Å². The molecule has 38 heavy (non-hydrogen) atoms. The number of alkyl halides is 3. The summed E-state index contributed by atoms with van der Waals surface area (Å²) in [6.45, 7) is 5.93. The van der Waals surface area contributed by atoms with Crippen molar-refractivity contribution in [3.05, 3.63) is 76.7 Å². The van der Waals surface area contributed by atoms with Gasteiger partial charge in [0, 0.05) is 36.1 Å². The molecule has 0 spiro atoms. The Bertz CT molecular complexity index is 1480. The molecule has 1 aliphatic rings. The zero-order valence-electron chi connectivity index (χ0n) is 21.4. The van der Waals surface area contributed by atoms with Gasteiger partial charge in [0.05, 0.1) is 23.6 Å². The Balaban J connectivity index is 1.41. The Hall–Kier alpha value is -3.99. The third-order valence-corrected chi connectivity index (χ3v) is 6.91. The quantitative estimate of drug-likeness (QED) is 0.378. The van der Waals surface area contributed by atoms with E-state index >= 15 is 0 Å². The van der Waals surface area contributed by atoms with E-state index in [4.69, 9.17) is 0 Å². The van der Waals surface area contributed by atoms with Gasteiger partial charge in [-0.1, -0.05) is 11.3 Å². The fraction of sp³-hybridized carbons (Fsp3) is 0.333. The third kappa shape index (κ3) is 5.33. The van der Waals surface area contributed by atoms with Gasteiger partial charge in [-0.05, 0) is 81.2 Å². The first-order chi connectivity index (χ1) is 18.1. The number of carbonyl (C=O) groups excluding carboxylic acids is 1. The van der Waals surface area contributed by atoms with Crippen LogP contribution < -0.4 is 5.32 Å². The number of nitrogens with one attached hydrogen (secondary N) is 1. The lowest BCUT2D eigenvalue weighted by molar-refractivity contribution is -0.137. The molecule has 0 saturated carbocycles. The van der Waals surface area contributed by atoms with Crippen LogP contribution >= 0.6 is 0 Å². The maximum atomic E-state index is 13.6. The topological polar surface area (TPSA) is 80.9 Å². The standard InChI is InChI=1S/C27H28F3N7O/c1-17-6-7-20(12-25(17)37-16-24(33-34-37)23-14-31-35(3)18(23)2)26(38)32-22-11-19(15-36-8-4-5-9-36)10-21(13-22)27(28,29)30/h6-7,10-14,16H,4-5,8-9,15H2,1-3H3,(H,32,38). The Morgan fingerprint density at radius 2 is 1.84 bits per heavy atom. The lowest BCUT2D eigenvalue weighted by atomic mass is 10.1. The number of aromatic nitrogens is 5. The molecule has 0 unspecified atom stereocenters. The average molecular weight is 524 g/mol. The zero-order chi connectivity index (χ0) is 27.0. The first kappa shape index (κ1) is 25.7. The SMILES string of the molecule is Cc1ccc(C(=O)Nc2cc(CN3CCCC3)cc(C(F)(F)F)c2)cc1-n1cc(-c2cnn(C)c2C)nn1. The second kappa shape index (κ2) is 10.1. The lowest BCUT2D eigenvalue weighted by Crippen LogP contribution is -2.20. The van der Waals surface area contributed by atoms with E-state index in [-0.39, 0.29) is 5.69 Å². The van der Waals surface area contributed by atoms with Gasteiger partial charge in [-0.15, -0.1) is 5.10 Å². The number of hydrogen-bond donors (Lipinski definition) is 1. The number of halogens is 3. The lowest BCUT2D eigenvalue weighted by Gasteiger charge is -2.18. The zero-order valence-corrected chi connectivity index (χ0v) is 21.4. The normalized spacial score (nSPS) is 14.3. The van der Waals surface area contributed by atoms with Gasteiger partial charge >= 0.3 is 6.18 Å². The Morgan fingerprint density at radius 3 is 2.53 bits per heavy atom. The smallest absolute Gasteiger partial charge is 0.322 e. The maximum Gasteiger partial charge on any atom is 0.416 e. The van der Waals surface area contributed by atoms with Crippen LogP contribution in [0.25, 0.3) is 16.9 Å². The molecule has 3 heterocycles. The molecular formula is C27H28F3N7O. The number of anilines is 1. The molecule has 1 saturated heterocycles. The van der Waals surface area contributed by atoms with Crippen LogP contribution in [-0.2, 0) is 19.8 Å². The highest BCUT2D eigenvalue weighted by molar-refractivity contribution is 6.04. The monoisotopic (exact) mass is 523 g/mol. The van der Waals surface area contributed by atoms with Crippen LogP contribution in [0.2, 0.25) is 0 Å². The predicted octanol–water partition coefficient (Wildman–Crippen LogP) is 5.15. The molecule has 0 aliphatic carbocycles. The molecule has 0 radical (unpaired) electrons. The number of hydrogen-bond acceptors (Lipinski definition) is 5. The van der Waals surface area contributed by atoms with E-state index in [0.717, 1.165) is 54.9 Å². The van der Waals surface area contributed by atoms with Crippen molar-refractivity contribution in [3.8, 4) is 16.9 Å². The number of benzene rings is 2. The van der Waals surface area contributed by atoms with Crippen molar-refractivity contribution in [1.82, 2.24) is 29.7 Å². The predicted molar refractivity (Wildman–Crippen MR) is 137 cm³/mol. The summed E-state index contributed by atoms with van der Waals surface area (Å²) in [6, 6.07) is 8.80. The molecule has 2 aromatic heterocycles. The number of aryl methyl sites for hydroxylation is 2. The fourth-order valence-electron chi connectivity index (χ4n) is 4.67. The van der Waals surface area contributed by atoms with Crippen molar-refractivity contribution in [1.29, 1.82) is 0 Å². The molecule has 5 rings (SSSR count). The minimum Gasteiger partial charge on any atom is -0.322 e. The minimum atomic E-state index is -4.52. The maximum absolute atomic E-state index is 13.6. The molecule has 0 atom stereocenters.